The Hall–Kier alpha value is -3.95. The van der Waals surface area contributed by atoms with E-state index in [0.717, 1.165) is 16.4 Å². The second kappa shape index (κ2) is 11.3. The standard InChI is InChI=1S/C29H24Cl2N2O7/c1-16-4-10-20-21(13-16)28(37)33(27(20)36)32(26(35)18-7-11-22(30)23(31)14-18)15-24(34)17-5-8-19(9-6-17)40-29(38)25-3-2-12-39-25/h2-3,5-9,11-12,14,16,20-21H,4,10,13,15H2,1H3/t16-,20+,21+/m1/s1. The van der Waals surface area contributed by atoms with Gasteiger partial charge in [0.2, 0.25) is 5.76 Å². The average molecular weight is 583 g/mol. The van der Waals surface area contributed by atoms with E-state index in [1.807, 2.05) is 6.92 Å². The molecule has 0 radical (unpaired) electrons. The fourth-order valence-corrected chi connectivity index (χ4v) is 5.41. The number of amides is 3. The highest BCUT2D eigenvalue weighted by molar-refractivity contribution is 6.42. The number of ether oxygens (including phenoxy) is 1. The Bertz CT molecular complexity index is 1490. The molecule has 2 aliphatic rings. The molecule has 1 aromatic heterocycles. The Balaban J connectivity index is 1.40. The van der Waals surface area contributed by atoms with E-state index in [1.54, 1.807) is 6.07 Å². The van der Waals surface area contributed by atoms with Gasteiger partial charge in [-0.2, -0.15) is 5.01 Å². The fraction of sp³-hybridized carbons (Fsp3) is 0.276. The van der Waals surface area contributed by atoms with Gasteiger partial charge in [-0.25, -0.2) is 9.80 Å². The van der Waals surface area contributed by atoms with Crippen molar-refractivity contribution in [2.24, 2.45) is 17.8 Å². The van der Waals surface area contributed by atoms with E-state index in [9.17, 15) is 24.0 Å². The van der Waals surface area contributed by atoms with Crippen molar-refractivity contribution in [2.45, 2.75) is 26.2 Å². The Morgan fingerprint density at radius 2 is 1.65 bits per heavy atom. The SMILES string of the molecule is C[C@@H]1CC[C@@H]2C(=O)N(N(CC(=O)c3ccc(OC(=O)c4ccco4)cc3)C(=O)c3ccc(Cl)c(Cl)c3)C(=O)[C@H]2C1. The molecule has 0 unspecified atom stereocenters. The van der Waals surface area contributed by atoms with Gasteiger partial charge in [0.15, 0.2) is 5.78 Å². The Morgan fingerprint density at radius 1 is 0.950 bits per heavy atom. The summed E-state index contributed by atoms with van der Waals surface area (Å²) in [5, 5.41) is 2.05. The highest BCUT2D eigenvalue weighted by Gasteiger charge is 2.52. The molecule has 1 aliphatic carbocycles. The number of hydrazine groups is 1. The molecule has 2 heterocycles. The quantitative estimate of drug-likeness (QED) is 0.157. The number of halogens is 2. The van der Waals surface area contributed by atoms with E-state index >= 15 is 0 Å². The monoisotopic (exact) mass is 582 g/mol. The minimum absolute atomic E-state index is 0.0199. The molecule has 2 aromatic carbocycles. The van der Waals surface area contributed by atoms with Crippen LogP contribution in [-0.4, -0.2) is 46.0 Å². The molecule has 3 aromatic rings. The number of furan rings is 1. The van der Waals surface area contributed by atoms with Crippen LogP contribution in [0.5, 0.6) is 5.75 Å². The van der Waals surface area contributed by atoms with Gasteiger partial charge in [0.25, 0.3) is 17.7 Å². The number of benzene rings is 2. The Labute approximate surface area is 239 Å². The van der Waals surface area contributed by atoms with Crippen LogP contribution in [0.4, 0.5) is 0 Å². The van der Waals surface area contributed by atoms with Crippen molar-refractivity contribution in [3.8, 4) is 5.75 Å². The van der Waals surface area contributed by atoms with Crippen LogP contribution in [0.3, 0.4) is 0 Å². The van der Waals surface area contributed by atoms with E-state index in [2.05, 4.69) is 0 Å². The first-order valence-electron chi connectivity index (χ1n) is 12.7. The molecule has 1 saturated carbocycles. The van der Waals surface area contributed by atoms with Gasteiger partial charge in [0.05, 0.1) is 28.1 Å². The summed E-state index contributed by atoms with van der Waals surface area (Å²) in [5.74, 6) is -3.61. The van der Waals surface area contributed by atoms with Gasteiger partial charge in [0.1, 0.15) is 12.3 Å². The summed E-state index contributed by atoms with van der Waals surface area (Å²) in [6.45, 7) is 1.44. The van der Waals surface area contributed by atoms with Gasteiger partial charge >= 0.3 is 5.97 Å². The van der Waals surface area contributed by atoms with Crippen LogP contribution in [0, 0.1) is 17.8 Å². The summed E-state index contributed by atoms with van der Waals surface area (Å²) in [6.07, 6.45) is 3.21. The predicted molar refractivity (Wildman–Crippen MR) is 144 cm³/mol. The van der Waals surface area contributed by atoms with Gasteiger partial charge in [-0.15, -0.1) is 0 Å². The Morgan fingerprint density at radius 3 is 2.33 bits per heavy atom. The smallest absolute Gasteiger partial charge is 0.379 e. The van der Waals surface area contributed by atoms with Crippen LogP contribution in [0.2, 0.25) is 10.0 Å². The lowest BCUT2D eigenvalue weighted by atomic mass is 9.76. The van der Waals surface area contributed by atoms with Gasteiger partial charge in [0, 0.05) is 11.1 Å². The molecule has 3 atom stereocenters. The van der Waals surface area contributed by atoms with Crippen LogP contribution in [-0.2, 0) is 9.59 Å². The minimum atomic E-state index is -0.746. The van der Waals surface area contributed by atoms with E-state index in [4.69, 9.17) is 32.4 Å². The van der Waals surface area contributed by atoms with Gasteiger partial charge in [-0.05, 0) is 79.8 Å². The number of hydrogen-bond acceptors (Lipinski definition) is 7. The molecule has 2 fully saturated rings. The average Bonchev–Trinajstić information content (AvgIpc) is 3.56. The first-order chi connectivity index (χ1) is 19.1. The number of esters is 1. The second-order valence-corrected chi connectivity index (χ2v) is 10.7. The Kier molecular flexibility index (Phi) is 7.78. The lowest BCUT2D eigenvalue weighted by Gasteiger charge is -2.30. The first kappa shape index (κ1) is 27.6. The van der Waals surface area contributed by atoms with Gasteiger partial charge in [-0.1, -0.05) is 30.1 Å². The fourth-order valence-electron chi connectivity index (χ4n) is 5.11. The predicted octanol–water partition coefficient (Wildman–Crippen LogP) is 5.47. The minimum Gasteiger partial charge on any atom is -0.457 e. The van der Waals surface area contributed by atoms with Crippen LogP contribution in [0.15, 0.2) is 65.3 Å². The molecule has 206 valence electrons. The number of imide groups is 1. The highest BCUT2D eigenvalue weighted by Crippen LogP contribution is 2.41. The number of ketones is 1. The maximum atomic E-state index is 13.7. The molecule has 0 N–H and O–H groups in total. The number of rotatable bonds is 7. The molecule has 40 heavy (non-hydrogen) atoms. The number of carbonyl (C=O) groups excluding carboxylic acids is 5. The topological polar surface area (TPSA) is 114 Å². The number of hydrogen-bond donors (Lipinski definition) is 0. The lowest BCUT2D eigenvalue weighted by Crippen LogP contribution is -2.52. The first-order valence-corrected chi connectivity index (χ1v) is 13.4. The zero-order valence-electron chi connectivity index (χ0n) is 21.3. The summed E-state index contributed by atoms with van der Waals surface area (Å²) >= 11 is 12.1. The number of carbonyl (C=O) groups is 5. The van der Waals surface area contributed by atoms with Crippen molar-refractivity contribution in [1.82, 2.24) is 10.0 Å². The van der Waals surface area contributed by atoms with Crippen LogP contribution >= 0.6 is 23.2 Å². The van der Waals surface area contributed by atoms with Crippen molar-refractivity contribution in [2.75, 3.05) is 6.54 Å². The molecular formula is C29H24Cl2N2O7. The maximum absolute atomic E-state index is 13.7. The van der Waals surface area contributed by atoms with Crippen LogP contribution < -0.4 is 4.74 Å². The third kappa shape index (κ3) is 5.39. The van der Waals surface area contributed by atoms with E-state index in [-0.39, 0.29) is 38.6 Å². The molecule has 1 aliphatic heterocycles. The summed E-state index contributed by atoms with van der Waals surface area (Å²) in [7, 11) is 0. The third-order valence-electron chi connectivity index (χ3n) is 7.21. The van der Waals surface area contributed by atoms with Gasteiger partial charge in [-0.3, -0.25) is 19.2 Å². The summed E-state index contributed by atoms with van der Waals surface area (Å²) < 4.78 is 10.2. The molecule has 5 rings (SSSR count). The number of nitrogens with zero attached hydrogens (tertiary/aromatic N) is 2. The van der Waals surface area contributed by atoms with Crippen molar-refractivity contribution in [3.63, 3.8) is 0 Å². The molecule has 0 spiro atoms. The van der Waals surface area contributed by atoms with E-state index < -0.39 is 47.9 Å². The van der Waals surface area contributed by atoms with Crippen molar-refractivity contribution >= 4 is 52.7 Å². The summed E-state index contributed by atoms with van der Waals surface area (Å²) in [6, 6.07) is 12.8. The molecule has 11 heteroatoms. The van der Waals surface area contributed by atoms with E-state index in [0.29, 0.717) is 12.8 Å². The summed E-state index contributed by atoms with van der Waals surface area (Å²) in [4.78, 5) is 66.0. The molecule has 9 nitrogen and oxygen atoms in total. The molecular weight excluding hydrogens is 559 g/mol. The normalized spacial score (nSPS) is 20.3. The molecule has 0 bridgehead atoms. The van der Waals surface area contributed by atoms with Crippen molar-refractivity contribution < 1.29 is 33.1 Å². The number of Topliss-reactive ketones (excluding diaryl/α,β-unsaturated/α-hetero) is 1. The lowest BCUT2D eigenvalue weighted by molar-refractivity contribution is -0.154. The number of fused-ring (bicyclic) bond motifs is 1. The second-order valence-electron chi connectivity index (χ2n) is 9.93. The summed E-state index contributed by atoms with van der Waals surface area (Å²) in [5.41, 5.74) is 0.237. The van der Waals surface area contributed by atoms with Crippen LogP contribution in [0.1, 0.15) is 57.5 Å². The highest BCUT2D eigenvalue weighted by atomic mass is 35.5. The zero-order valence-corrected chi connectivity index (χ0v) is 22.9. The van der Waals surface area contributed by atoms with Gasteiger partial charge < -0.3 is 9.15 Å². The third-order valence-corrected chi connectivity index (χ3v) is 7.95. The molecule has 3 amide bonds. The molecule has 1 saturated heterocycles. The van der Waals surface area contributed by atoms with Crippen molar-refractivity contribution in [3.05, 3.63) is 87.8 Å². The maximum Gasteiger partial charge on any atom is 0.379 e. The van der Waals surface area contributed by atoms with E-state index in [1.165, 1.54) is 54.8 Å². The zero-order chi connectivity index (χ0) is 28.6. The van der Waals surface area contributed by atoms with Crippen LogP contribution in [0.25, 0.3) is 0 Å². The largest absolute Gasteiger partial charge is 0.457 e. The van der Waals surface area contributed by atoms with Crippen molar-refractivity contribution in [1.29, 1.82) is 0 Å².